The third-order valence-electron chi connectivity index (χ3n) is 7.52. The van der Waals surface area contributed by atoms with Crippen LogP contribution in [-0.2, 0) is 25.5 Å². The number of alkyl halides is 1. The summed E-state index contributed by atoms with van der Waals surface area (Å²) in [7, 11) is 0. The molecule has 250 valence electrons. The van der Waals surface area contributed by atoms with Crippen LogP contribution in [0.2, 0.25) is 0 Å². The van der Waals surface area contributed by atoms with E-state index in [0.717, 1.165) is 6.26 Å². The van der Waals surface area contributed by atoms with Crippen LogP contribution in [0.25, 0.3) is 10.4 Å². The lowest BCUT2D eigenvalue weighted by Gasteiger charge is -2.30. The standard InChI is InChI=1S/C31H42FN7O7/c1-19(2)29-21(15-27(42)35-11-12-36-38-33)8-9-26(41)34-10-4-6-20(3)14-23(40)16-22(32)17-28-37-24(18-45-28)30(43)39-13-5-7-25(39)31(44)46-29/h4,6,8-9,14,18-19,21-23,25,29,40H,5,7,10-13,15-17H2,1-3H3,(H,34,41)(H,35,42)/b6-4+,9-8+,20-14+. The van der Waals surface area contributed by atoms with Crippen LogP contribution in [0.4, 0.5) is 4.39 Å². The molecule has 0 aromatic carbocycles. The number of cyclic esters (lactones) is 1. The number of oxazole rings is 1. The molecule has 5 atom stereocenters. The maximum Gasteiger partial charge on any atom is 0.329 e. The average molecular weight is 644 g/mol. The van der Waals surface area contributed by atoms with Crippen molar-refractivity contribution in [3.63, 3.8) is 0 Å². The van der Waals surface area contributed by atoms with Crippen molar-refractivity contribution >= 4 is 23.7 Å². The molecule has 3 rings (SSSR count). The molecule has 2 bridgehead atoms. The molecule has 14 nitrogen and oxygen atoms in total. The number of azide groups is 1. The van der Waals surface area contributed by atoms with E-state index in [1.807, 2.05) is 13.8 Å². The number of nitrogens with one attached hydrogen (secondary N) is 2. The van der Waals surface area contributed by atoms with E-state index in [1.54, 1.807) is 19.1 Å². The van der Waals surface area contributed by atoms with Gasteiger partial charge in [0.05, 0.1) is 12.5 Å². The monoisotopic (exact) mass is 643 g/mol. The highest BCUT2D eigenvalue weighted by atomic mass is 19.1. The van der Waals surface area contributed by atoms with Crippen LogP contribution in [0.15, 0.2) is 51.7 Å². The maximum atomic E-state index is 14.7. The van der Waals surface area contributed by atoms with E-state index >= 15 is 0 Å². The lowest BCUT2D eigenvalue weighted by atomic mass is 9.89. The number of amides is 3. The van der Waals surface area contributed by atoms with Gasteiger partial charge in [-0.3, -0.25) is 14.4 Å². The van der Waals surface area contributed by atoms with E-state index in [2.05, 4.69) is 25.6 Å². The number of carbonyl (C=O) groups is 4. The summed E-state index contributed by atoms with van der Waals surface area (Å²) in [6.07, 6.45) is 5.58. The first kappa shape index (κ1) is 36.0. The Hall–Kier alpha value is -4.49. The number of hydrogen-bond acceptors (Lipinski definition) is 9. The summed E-state index contributed by atoms with van der Waals surface area (Å²) in [6.45, 7) is 5.94. The minimum Gasteiger partial charge on any atom is -0.460 e. The Bertz CT molecular complexity index is 1370. The number of hydrogen-bond donors (Lipinski definition) is 3. The highest BCUT2D eigenvalue weighted by Gasteiger charge is 2.39. The van der Waals surface area contributed by atoms with Crippen molar-refractivity contribution < 1.29 is 37.8 Å². The Morgan fingerprint density at radius 3 is 2.85 bits per heavy atom. The number of ether oxygens (including phenoxy) is 1. The van der Waals surface area contributed by atoms with E-state index in [9.17, 15) is 28.7 Å². The summed E-state index contributed by atoms with van der Waals surface area (Å²) < 4.78 is 26.1. The molecule has 0 aliphatic carbocycles. The molecule has 2 aliphatic heterocycles. The van der Waals surface area contributed by atoms with Crippen LogP contribution >= 0.6 is 0 Å². The fourth-order valence-corrected chi connectivity index (χ4v) is 5.34. The van der Waals surface area contributed by atoms with Gasteiger partial charge in [-0.1, -0.05) is 48.8 Å². The van der Waals surface area contributed by atoms with Crippen molar-refractivity contribution in [2.75, 3.05) is 26.2 Å². The zero-order valence-corrected chi connectivity index (χ0v) is 26.3. The zero-order valence-electron chi connectivity index (χ0n) is 26.3. The van der Waals surface area contributed by atoms with E-state index in [0.29, 0.717) is 18.4 Å². The van der Waals surface area contributed by atoms with Crippen LogP contribution < -0.4 is 10.6 Å². The SMILES string of the molecule is CC1=C\C(O)CC(F)Cc2nc(co2)C(=O)N2CCCC2C(=O)OC(C(C)C)C(CC(=O)NCCN=[N+]=[N-])/C=C/C(=O)NC\C=C\1. The first-order valence-electron chi connectivity index (χ1n) is 15.3. The molecule has 3 N–H and O–H groups in total. The fraction of sp³-hybridized carbons (Fsp3) is 0.581. The molecule has 15 heteroatoms. The Balaban J connectivity index is 1.90. The van der Waals surface area contributed by atoms with Gasteiger partial charge < -0.3 is 29.8 Å². The van der Waals surface area contributed by atoms with E-state index < -0.39 is 54.0 Å². The van der Waals surface area contributed by atoms with Crippen molar-refractivity contribution in [2.45, 2.75) is 77.3 Å². The number of halogens is 1. The zero-order chi connectivity index (χ0) is 33.6. The second kappa shape index (κ2) is 17.9. The van der Waals surface area contributed by atoms with Crippen LogP contribution in [0.1, 0.15) is 62.8 Å². The number of nitrogens with zero attached hydrogens (tertiary/aromatic N) is 5. The summed E-state index contributed by atoms with van der Waals surface area (Å²) in [5.74, 6) is -3.08. The van der Waals surface area contributed by atoms with Gasteiger partial charge in [0.15, 0.2) is 11.6 Å². The molecule has 1 fully saturated rings. The van der Waals surface area contributed by atoms with Gasteiger partial charge in [0.1, 0.15) is 24.6 Å². The van der Waals surface area contributed by atoms with Gasteiger partial charge in [0, 0.05) is 49.9 Å². The van der Waals surface area contributed by atoms with Crippen LogP contribution in [-0.4, -0.2) is 89.3 Å². The first-order chi connectivity index (χ1) is 22.0. The second-order valence-corrected chi connectivity index (χ2v) is 11.6. The topological polar surface area (TPSA) is 200 Å². The average Bonchev–Trinajstić information content (AvgIpc) is 3.68. The molecule has 1 aromatic rings. The number of carbonyl (C=O) groups excluding carboxylic acids is 4. The maximum absolute atomic E-state index is 14.7. The molecule has 46 heavy (non-hydrogen) atoms. The van der Waals surface area contributed by atoms with E-state index in [1.165, 1.54) is 23.1 Å². The summed E-state index contributed by atoms with van der Waals surface area (Å²) in [5.41, 5.74) is 9.05. The third-order valence-corrected chi connectivity index (χ3v) is 7.52. The lowest BCUT2D eigenvalue weighted by molar-refractivity contribution is -0.159. The molecular weight excluding hydrogens is 601 g/mol. The number of esters is 1. The molecule has 0 spiro atoms. The van der Waals surface area contributed by atoms with Crippen LogP contribution in [0.3, 0.4) is 0 Å². The van der Waals surface area contributed by atoms with Crippen LogP contribution in [0.5, 0.6) is 0 Å². The predicted octanol–water partition coefficient (Wildman–Crippen LogP) is 3.10. The summed E-state index contributed by atoms with van der Waals surface area (Å²) in [5, 5.41) is 19.1. The van der Waals surface area contributed by atoms with Crippen molar-refractivity contribution in [3.05, 3.63) is 64.2 Å². The number of aromatic nitrogens is 1. The van der Waals surface area contributed by atoms with Gasteiger partial charge >= 0.3 is 5.97 Å². The smallest absolute Gasteiger partial charge is 0.329 e. The van der Waals surface area contributed by atoms with Crippen molar-refractivity contribution in [1.29, 1.82) is 0 Å². The molecular formula is C31H42FN7O7. The highest BCUT2D eigenvalue weighted by molar-refractivity contribution is 5.95. The van der Waals surface area contributed by atoms with Crippen LogP contribution in [0, 0.1) is 11.8 Å². The summed E-state index contributed by atoms with van der Waals surface area (Å²) in [4.78, 5) is 60.5. The first-order valence-corrected chi connectivity index (χ1v) is 15.3. The third kappa shape index (κ3) is 11.1. The molecule has 2 aliphatic rings. The van der Waals surface area contributed by atoms with Gasteiger partial charge in [0.2, 0.25) is 11.8 Å². The number of rotatable bonds is 6. The van der Waals surface area contributed by atoms with Crippen molar-refractivity contribution in [1.82, 2.24) is 20.5 Å². The Morgan fingerprint density at radius 2 is 2.11 bits per heavy atom. The Labute approximate surface area is 266 Å². The Morgan fingerprint density at radius 1 is 1.33 bits per heavy atom. The van der Waals surface area contributed by atoms with Gasteiger partial charge in [-0.15, -0.1) is 0 Å². The number of aliphatic hydroxyl groups excluding tert-OH is 1. The summed E-state index contributed by atoms with van der Waals surface area (Å²) >= 11 is 0. The molecule has 1 saturated heterocycles. The number of fused-ring (bicyclic) bond motifs is 3. The number of allylic oxidation sites excluding steroid dienone is 2. The van der Waals surface area contributed by atoms with E-state index in [4.69, 9.17) is 14.7 Å². The molecule has 3 heterocycles. The fourth-order valence-electron chi connectivity index (χ4n) is 5.34. The Kier molecular flexibility index (Phi) is 14.0. The van der Waals surface area contributed by atoms with Crippen molar-refractivity contribution in [3.8, 4) is 0 Å². The van der Waals surface area contributed by atoms with Gasteiger partial charge in [-0.05, 0) is 37.3 Å². The quantitative estimate of drug-likeness (QED) is 0.138. The van der Waals surface area contributed by atoms with Gasteiger partial charge in [0.25, 0.3) is 5.91 Å². The molecule has 5 unspecified atom stereocenters. The minimum atomic E-state index is -1.50. The van der Waals surface area contributed by atoms with E-state index in [-0.39, 0.29) is 62.9 Å². The molecule has 3 amide bonds. The molecule has 1 aromatic heterocycles. The van der Waals surface area contributed by atoms with Gasteiger partial charge in [-0.25, -0.2) is 14.2 Å². The minimum absolute atomic E-state index is 0.0108. The second-order valence-electron chi connectivity index (χ2n) is 11.6. The number of aliphatic hydroxyl groups is 1. The van der Waals surface area contributed by atoms with Crippen molar-refractivity contribution in [2.24, 2.45) is 17.0 Å². The highest BCUT2D eigenvalue weighted by Crippen LogP contribution is 2.27. The lowest BCUT2D eigenvalue weighted by Crippen LogP contribution is -2.44. The summed E-state index contributed by atoms with van der Waals surface area (Å²) in [6, 6.07) is -0.924. The normalized spacial score (nSPS) is 27.8. The molecule has 0 radical (unpaired) electrons. The van der Waals surface area contributed by atoms with Gasteiger partial charge in [-0.2, -0.15) is 0 Å². The predicted molar refractivity (Wildman–Crippen MR) is 165 cm³/mol. The largest absolute Gasteiger partial charge is 0.460 e. The molecule has 0 saturated carbocycles.